The number of rotatable bonds is 4. The summed E-state index contributed by atoms with van der Waals surface area (Å²) in [7, 11) is 0. The smallest absolute Gasteiger partial charge is 0.182 e. The molecule has 0 saturated heterocycles. The number of halogens is 2. The molecule has 1 saturated carbocycles. The topological polar surface area (TPSA) is 49.3 Å². The average Bonchev–Trinajstić information content (AvgIpc) is 2.50. The molecule has 0 atom stereocenters. The number of hydrogen-bond donors (Lipinski definition) is 2. The molecule has 3 nitrogen and oxygen atoms in total. The van der Waals surface area contributed by atoms with Crippen molar-refractivity contribution >= 4 is 17.2 Å². The standard InChI is InChI=1S/C18H17F2NO2/c1-10-2-4-12(5-3-10)21-17-14(6-7-15(19)16(17)20)18(23)11-8-13(22)9-11/h2-7,11,13,21-22H,8-9H2,1H3. The van der Waals surface area contributed by atoms with Gasteiger partial charge in [0, 0.05) is 17.2 Å². The van der Waals surface area contributed by atoms with Crippen molar-refractivity contribution in [1.82, 2.24) is 0 Å². The fourth-order valence-electron chi connectivity index (χ4n) is 2.68. The van der Waals surface area contributed by atoms with Gasteiger partial charge in [-0.05, 0) is 44.0 Å². The number of aliphatic hydroxyl groups is 1. The molecule has 0 aromatic heterocycles. The van der Waals surface area contributed by atoms with E-state index in [4.69, 9.17) is 0 Å². The van der Waals surface area contributed by atoms with Crippen molar-refractivity contribution in [3.8, 4) is 0 Å². The third kappa shape index (κ3) is 3.10. The highest BCUT2D eigenvalue weighted by Crippen LogP contribution is 2.35. The summed E-state index contributed by atoms with van der Waals surface area (Å²) in [6.45, 7) is 1.92. The first-order valence-corrected chi connectivity index (χ1v) is 7.49. The third-order valence-corrected chi connectivity index (χ3v) is 4.17. The number of benzene rings is 2. The normalized spacial score (nSPS) is 20.0. The lowest BCUT2D eigenvalue weighted by atomic mass is 9.77. The molecule has 2 aromatic rings. The number of aliphatic hydroxyl groups excluding tert-OH is 1. The van der Waals surface area contributed by atoms with Crippen molar-refractivity contribution < 1.29 is 18.7 Å². The van der Waals surface area contributed by atoms with Gasteiger partial charge < -0.3 is 10.4 Å². The summed E-state index contributed by atoms with van der Waals surface area (Å²) in [6, 6.07) is 9.40. The van der Waals surface area contributed by atoms with Crippen LogP contribution >= 0.6 is 0 Å². The van der Waals surface area contributed by atoms with E-state index < -0.39 is 17.7 Å². The van der Waals surface area contributed by atoms with Crippen LogP contribution in [-0.2, 0) is 0 Å². The number of anilines is 2. The molecule has 0 spiro atoms. The number of carbonyl (C=O) groups excluding carboxylic acids is 1. The Morgan fingerprint density at radius 3 is 2.39 bits per heavy atom. The lowest BCUT2D eigenvalue weighted by Crippen LogP contribution is -2.34. The molecule has 23 heavy (non-hydrogen) atoms. The van der Waals surface area contributed by atoms with Crippen LogP contribution in [0.4, 0.5) is 20.2 Å². The minimum Gasteiger partial charge on any atom is -0.393 e. The molecule has 0 bridgehead atoms. The van der Waals surface area contributed by atoms with Crippen molar-refractivity contribution in [3.05, 3.63) is 59.2 Å². The van der Waals surface area contributed by atoms with Crippen LogP contribution in [0.5, 0.6) is 0 Å². The van der Waals surface area contributed by atoms with Crippen LogP contribution in [0.1, 0.15) is 28.8 Å². The van der Waals surface area contributed by atoms with Gasteiger partial charge in [0.25, 0.3) is 0 Å². The van der Waals surface area contributed by atoms with E-state index in [1.165, 1.54) is 6.07 Å². The lowest BCUT2D eigenvalue weighted by Gasteiger charge is -2.30. The molecule has 1 aliphatic rings. The molecule has 0 radical (unpaired) electrons. The largest absolute Gasteiger partial charge is 0.393 e. The fourth-order valence-corrected chi connectivity index (χ4v) is 2.68. The van der Waals surface area contributed by atoms with E-state index >= 15 is 0 Å². The van der Waals surface area contributed by atoms with Crippen LogP contribution in [0.3, 0.4) is 0 Å². The average molecular weight is 317 g/mol. The number of carbonyl (C=O) groups is 1. The molecular weight excluding hydrogens is 300 g/mol. The zero-order valence-corrected chi connectivity index (χ0v) is 12.6. The third-order valence-electron chi connectivity index (χ3n) is 4.17. The molecule has 0 amide bonds. The fraction of sp³-hybridized carbons (Fsp3) is 0.278. The maximum atomic E-state index is 14.2. The lowest BCUT2D eigenvalue weighted by molar-refractivity contribution is 0.0368. The van der Waals surface area contributed by atoms with Crippen molar-refractivity contribution in [2.45, 2.75) is 25.9 Å². The van der Waals surface area contributed by atoms with Crippen molar-refractivity contribution in [2.75, 3.05) is 5.32 Å². The van der Waals surface area contributed by atoms with Crippen LogP contribution in [0.15, 0.2) is 36.4 Å². The quantitative estimate of drug-likeness (QED) is 0.839. The summed E-state index contributed by atoms with van der Waals surface area (Å²) in [4.78, 5) is 12.5. The van der Waals surface area contributed by atoms with Gasteiger partial charge in [-0.3, -0.25) is 4.79 Å². The number of aryl methyl sites for hydroxylation is 1. The Kier molecular flexibility index (Phi) is 4.13. The zero-order chi connectivity index (χ0) is 16.6. The van der Waals surface area contributed by atoms with Gasteiger partial charge in [-0.1, -0.05) is 17.7 Å². The van der Waals surface area contributed by atoms with Crippen molar-refractivity contribution in [1.29, 1.82) is 0 Å². The Hall–Kier alpha value is -2.27. The Balaban J connectivity index is 1.95. The predicted octanol–water partition coefficient (Wildman–Crippen LogP) is 3.97. The minimum atomic E-state index is -1.07. The van der Waals surface area contributed by atoms with E-state index in [2.05, 4.69) is 5.32 Å². The number of nitrogens with one attached hydrogen (secondary N) is 1. The van der Waals surface area contributed by atoms with Crippen molar-refractivity contribution in [3.63, 3.8) is 0 Å². The highest BCUT2D eigenvalue weighted by Gasteiger charge is 2.35. The highest BCUT2D eigenvalue weighted by molar-refractivity contribution is 6.03. The molecule has 0 aliphatic heterocycles. The summed E-state index contributed by atoms with van der Waals surface area (Å²) >= 11 is 0. The van der Waals surface area contributed by atoms with E-state index in [0.29, 0.717) is 18.5 Å². The second-order valence-corrected chi connectivity index (χ2v) is 5.96. The molecule has 5 heteroatoms. The molecule has 2 aromatic carbocycles. The predicted molar refractivity (Wildman–Crippen MR) is 83.9 cm³/mol. The Labute approximate surface area is 133 Å². The van der Waals surface area contributed by atoms with Gasteiger partial charge in [-0.25, -0.2) is 8.78 Å². The summed E-state index contributed by atoms with van der Waals surface area (Å²) < 4.78 is 27.8. The summed E-state index contributed by atoms with van der Waals surface area (Å²) in [5, 5.41) is 12.1. The monoisotopic (exact) mass is 317 g/mol. The second-order valence-electron chi connectivity index (χ2n) is 5.96. The number of Topliss-reactive ketones (excluding diaryl/α,β-unsaturated/α-hetero) is 1. The molecule has 2 N–H and O–H groups in total. The van der Waals surface area contributed by atoms with Crippen LogP contribution in [0, 0.1) is 24.5 Å². The second kappa shape index (κ2) is 6.08. The van der Waals surface area contributed by atoms with Gasteiger partial charge in [-0.2, -0.15) is 0 Å². The maximum Gasteiger partial charge on any atom is 0.182 e. The van der Waals surface area contributed by atoms with Gasteiger partial charge in [0.1, 0.15) is 0 Å². The first-order valence-electron chi connectivity index (χ1n) is 7.49. The maximum absolute atomic E-state index is 14.2. The van der Waals surface area contributed by atoms with E-state index in [1.54, 1.807) is 12.1 Å². The van der Waals surface area contributed by atoms with Crippen molar-refractivity contribution in [2.24, 2.45) is 5.92 Å². The van der Waals surface area contributed by atoms with Crippen LogP contribution in [0.25, 0.3) is 0 Å². The van der Waals surface area contributed by atoms with Gasteiger partial charge in [0.15, 0.2) is 17.4 Å². The minimum absolute atomic E-state index is 0.112. The molecule has 0 heterocycles. The van der Waals surface area contributed by atoms with Crippen LogP contribution in [0.2, 0.25) is 0 Å². The van der Waals surface area contributed by atoms with Gasteiger partial charge in [-0.15, -0.1) is 0 Å². The molecule has 0 unspecified atom stereocenters. The Morgan fingerprint density at radius 2 is 1.78 bits per heavy atom. The van der Waals surface area contributed by atoms with E-state index in [1.807, 2.05) is 19.1 Å². The summed E-state index contributed by atoms with van der Waals surface area (Å²) in [6.07, 6.45) is 0.242. The molecule has 120 valence electrons. The van der Waals surface area contributed by atoms with Gasteiger partial charge in [0.05, 0.1) is 11.8 Å². The Bertz CT molecular complexity index is 737. The molecule has 3 rings (SSSR count). The first-order chi connectivity index (χ1) is 11.0. The zero-order valence-electron chi connectivity index (χ0n) is 12.6. The molecule has 1 aliphatic carbocycles. The number of ketones is 1. The van der Waals surface area contributed by atoms with Gasteiger partial charge >= 0.3 is 0 Å². The number of hydrogen-bond acceptors (Lipinski definition) is 3. The summed E-state index contributed by atoms with van der Waals surface area (Å²) in [5.41, 5.74) is 1.57. The summed E-state index contributed by atoms with van der Waals surface area (Å²) in [5.74, 6) is -2.70. The Morgan fingerprint density at radius 1 is 1.13 bits per heavy atom. The first kappa shape index (κ1) is 15.6. The van der Waals surface area contributed by atoms with E-state index in [9.17, 15) is 18.7 Å². The van der Waals surface area contributed by atoms with Crippen LogP contribution < -0.4 is 5.32 Å². The highest BCUT2D eigenvalue weighted by atomic mass is 19.2. The molecule has 1 fully saturated rings. The SMILES string of the molecule is Cc1ccc(Nc2c(C(=O)C3CC(O)C3)ccc(F)c2F)cc1. The molecular formula is C18H17F2NO2. The van der Waals surface area contributed by atoms with E-state index in [0.717, 1.165) is 11.6 Å². The van der Waals surface area contributed by atoms with Crippen LogP contribution in [-0.4, -0.2) is 17.0 Å². The van der Waals surface area contributed by atoms with Gasteiger partial charge in [0.2, 0.25) is 0 Å². The van der Waals surface area contributed by atoms with E-state index in [-0.39, 0.29) is 23.0 Å².